The molecule has 80 valence electrons. The van der Waals surface area contributed by atoms with E-state index in [2.05, 4.69) is 22.4 Å². The Morgan fingerprint density at radius 3 is 2.87 bits per heavy atom. The molecule has 1 aromatic heterocycles. The van der Waals surface area contributed by atoms with Gasteiger partial charge in [-0.05, 0) is 25.1 Å². The quantitative estimate of drug-likeness (QED) is 0.815. The molecule has 0 saturated heterocycles. The van der Waals surface area contributed by atoms with E-state index in [-0.39, 0.29) is 0 Å². The minimum Gasteiger partial charge on any atom is -0.343 e. The fraction of sp³-hybridized carbons (Fsp3) is 0.273. The lowest BCUT2D eigenvalue weighted by Gasteiger charge is -2.06. The summed E-state index contributed by atoms with van der Waals surface area (Å²) in [5.41, 5.74) is 2.19. The average Bonchev–Trinajstić information content (AvgIpc) is 2.55. The van der Waals surface area contributed by atoms with Crippen LogP contribution in [0.15, 0.2) is 24.3 Å². The minimum absolute atomic E-state index is 0.417. The molecule has 0 fully saturated rings. The Morgan fingerprint density at radius 1 is 1.40 bits per heavy atom. The van der Waals surface area contributed by atoms with Crippen LogP contribution in [0.3, 0.4) is 0 Å². The Kier molecular flexibility index (Phi) is 2.95. The van der Waals surface area contributed by atoms with Crippen molar-refractivity contribution in [3.8, 4) is 0 Å². The van der Waals surface area contributed by atoms with Crippen LogP contribution in [0.5, 0.6) is 0 Å². The number of aromatic nitrogens is 1. The molecule has 15 heavy (non-hydrogen) atoms. The number of benzene rings is 1. The van der Waals surface area contributed by atoms with E-state index >= 15 is 0 Å². The maximum atomic E-state index is 5.96. The van der Waals surface area contributed by atoms with Gasteiger partial charge in [0.25, 0.3) is 0 Å². The van der Waals surface area contributed by atoms with Crippen LogP contribution in [-0.4, -0.2) is 4.57 Å². The van der Waals surface area contributed by atoms with Crippen LogP contribution < -0.4 is 5.90 Å². The Bertz CT molecular complexity index is 479. The summed E-state index contributed by atoms with van der Waals surface area (Å²) in [5.74, 6) is 5.10. The Hall–Kier alpha value is -1.03. The first-order valence-corrected chi connectivity index (χ1v) is 5.23. The first-order chi connectivity index (χ1) is 7.26. The molecule has 0 unspecified atom stereocenters. The van der Waals surface area contributed by atoms with Gasteiger partial charge >= 0.3 is 0 Å². The highest BCUT2D eigenvalue weighted by molar-refractivity contribution is 6.31. The number of hydrogen-bond donors (Lipinski definition) is 1. The van der Waals surface area contributed by atoms with Gasteiger partial charge in [-0.1, -0.05) is 17.7 Å². The van der Waals surface area contributed by atoms with Crippen molar-refractivity contribution in [2.75, 3.05) is 0 Å². The average molecular weight is 225 g/mol. The third kappa shape index (κ3) is 1.86. The fourth-order valence-electron chi connectivity index (χ4n) is 1.86. The number of nitrogens with zero attached hydrogens (tertiary/aromatic N) is 1. The van der Waals surface area contributed by atoms with Gasteiger partial charge in [-0.25, -0.2) is 5.90 Å². The molecule has 0 aliphatic carbocycles. The molecular weight excluding hydrogens is 212 g/mol. The zero-order valence-electron chi connectivity index (χ0n) is 8.53. The molecular formula is C11H13ClN2O. The van der Waals surface area contributed by atoms with Crippen LogP contribution in [-0.2, 0) is 18.0 Å². The molecule has 0 aliphatic heterocycles. The summed E-state index contributed by atoms with van der Waals surface area (Å²) in [6, 6.07) is 7.92. The van der Waals surface area contributed by atoms with E-state index in [0.717, 1.165) is 28.2 Å². The van der Waals surface area contributed by atoms with Gasteiger partial charge in [-0.2, -0.15) is 0 Å². The molecule has 0 spiro atoms. The molecule has 2 rings (SSSR count). The number of hydrogen-bond acceptors (Lipinski definition) is 2. The van der Waals surface area contributed by atoms with Crippen molar-refractivity contribution in [1.82, 2.24) is 4.57 Å². The van der Waals surface area contributed by atoms with E-state index in [1.54, 1.807) is 0 Å². The van der Waals surface area contributed by atoms with Crippen molar-refractivity contribution in [1.29, 1.82) is 0 Å². The zero-order chi connectivity index (χ0) is 10.8. The molecule has 0 amide bonds. The molecule has 0 radical (unpaired) electrons. The Labute approximate surface area is 93.3 Å². The lowest BCUT2D eigenvalue weighted by molar-refractivity contribution is 0.119. The first kappa shape index (κ1) is 10.5. The van der Waals surface area contributed by atoms with E-state index in [0.29, 0.717) is 6.61 Å². The fourth-order valence-corrected chi connectivity index (χ4v) is 2.03. The van der Waals surface area contributed by atoms with Crippen molar-refractivity contribution in [2.45, 2.75) is 20.1 Å². The summed E-state index contributed by atoms with van der Waals surface area (Å²) < 4.78 is 2.15. The molecule has 0 atom stereocenters. The van der Waals surface area contributed by atoms with Crippen molar-refractivity contribution >= 4 is 22.5 Å². The van der Waals surface area contributed by atoms with Gasteiger partial charge in [-0.15, -0.1) is 0 Å². The molecule has 3 nitrogen and oxygen atoms in total. The number of fused-ring (bicyclic) bond motifs is 1. The second kappa shape index (κ2) is 4.23. The molecule has 2 aromatic rings. The van der Waals surface area contributed by atoms with Gasteiger partial charge < -0.3 is 4.57 Å². The summed E-state index contributed by atoms with van der Waals surface area (Å²) in [5, 5.41) is 1.91. The van der Waals surface area contributed by atoms with E-state index in [9.17, 15) is 0 Å². The van der Waals surface area contributed by atoms with Crippen molar-refractivity contribution in [3.05, 3.63) is 35.0 Å². The molecule has 1 aromatic carbocycles. The summed E-state index contributed by atoms with van der Waals surface area (Å²) >= 11 is 5.96. The van der Waals surface area contributed by atoms with Crippen molar-refractivity contribution < 1.29 is 4.84 Å². The molecule has 2 N–H and O–H groups in total. The predicted octanol–water partition coefficient (Wildman–Crippen LogP) is 2.70. The molecule has 0 bridgehead atoms. The van der Waals surface area contributed by atoms with Gasteiger partial charge in [0.15, 0.2) is 0 Å². The van der Waals surface area contributed by atoms with Crippen LogP contribution in [0.2, 0.25) is 5.02 Å². The Balaban J connectivity index is 2.63. The largest absolute Gasteiger partial charge is 0.343 e. The maximum Gasteiger partial charge on any atom is 0.108 e. The van der Waals surface area contributed by atoms with Crippen molar-refractivity contribution in [2.24, 2.45) is 5.90 Å². The standard InChI is InChI=1S/C11H13ClN2O/c1-2-14-10(7-15-13)5-8-3-4-9(12)6-11(8)14/h3-6H,2,7,13H2,1H3. The van der Waals surface area contributed by atoms with E-state index < -0.39 is 0 Å². The van der Waals surface area contributed by atoms with Crippen LogP contribution in [0.4, 0.5) is 0 Å². The van der Waals surface area contributed by atoms with Crippen LogP contribution in [0.25, 0.3) is 10.9 Å². The summed E-state index contributed by atoms with van der Waals surface area (Å²) in [6.45, 7) is 3.38. The predicted molar refractivity (Wildman–Crippen MR) is 61.6 cm³/mol. The van der Waals surface area contributed by atoms with E-state index in [1.165, 1.54) is 0 Å². The van der Waals surface area contributed by atoms with Gasteiger partial charge in [0, 0.05) is 28.2 Å². The zero-order valence-corrected chi connectivity index (χ0v) is 9.29. The Morgan fingerprint density at radius 2 is 2.20 bits per heavy atom. The van der Waals surface area contributed by atoms with Gasteiger partial charge in [0.05, 0.1) is 0 Å². The SMILES string of the molecule is CCn1c(CON)cc2ccc(Cl)cc21. The lowest BCUT2D eigenvalue weighted by atomic mass is 10.2. The first-order valence-electron chi connectivity index (χ1n) is 4.85. The second-order valence-corrected chi connectivity index (χ2v) is 3.83. The second-order valence-electron chi connectivity index (χ2n) is 3.39. The van der Waals surface area contributed by atoms with E-state index in [4.69, 9.17) is 17.5 Å². The normalized spacial score (nSPS) is 11.1. The molecule has 0 saturated carbocycles. The highest BCUT2D eigenvalue weighted by Crippen LogP contribution is 2.23. The van der Waals surface area contributed by atoms with Crippen LogP contribution >= 0.6 is 11.6 Å². The highest BCUT2D eigenvalue weighted by Gasteiger charge is 2.07. The van der Waals surface area contributed by atoms with Crippen molar-refractivity contribution in [3.63, 3.8) is 0 Å². The van der Waals surface area contributed by atoms with Gasteiger partial charge in [0.1, 0.15) is 6.61 Å². The highest BCUT2D eigenvalue weighted by atomic mass is 35.5. The van der Waals surface area contributed by atoms with E-state index in [1.807, 2.05) is 18.2 Å². The molecule has 4 heteroatoms. The number of aryl methyl sites for hydroxylation is 1. The molecule has 0 aliphatic rings. The number of halogens is 1. The smallest absolute Gasteiger partial charge is 0.108 e. The summed E-state index contributed by atoms with van der Waals surface area (Å²) in [4.78, 5) is 4.68. The summed E-state index contributed by atoms with van der Waals surface area (Å²) in [7, 11) is 0. The third-order valence-electron chi connectivity index (χ3n) is 2.50. The van der Waals surface area contributed by atoms with Crippen LogP contribution in [0, 0.1) is 0 Å². The lowest BCUT2D eigenvalue weighted by Crippen LogP contribution is -2.05. The number of nitrogens with two attached hydrogens (primary N) is 1. The monoisotopic (exact) mass is 224 g/mol. The topological polar surface area (TPSA) is 40.2 Å². The van der Waals surface area contributed by atoms with Crippen LogP contribution in [0.1, 0.15) is 12.6 Å². The molecule has 1 heterocycles. The van der Waals surface area contributed by atoms with Gasteiger partial charge in [-0.3, -0.25) is 4.84 Å². The minimum atomic E-state index is 0.417. The van der Waals surface area contributed by atoms with Gasteiger partial charge in [0.2, 0.25) is 0 Å². The third-order valence-corrected chi connectivity index (χ3v) is 2.73. The number of rotatable bonds is 3. The summed E-state index contributed by atoms with van der Waals surface area (Å²) in [6.07, 6.45) is 0. The maximum absolute atomic E-state index is 5.96.